The summed E-state index contributed by atoms with van der Waals surface area (Å²) in [6.45, 7) is 7.89. The highest BCUT2D eigenvalue weighted by Crippen LogP contribution is 2.48. The van der Waals surface area contributed by atoms with Gasteiger partial charge in [-0.1, -0.05) is 52.0 Å². The molecule has 0 aromatic heterocycles. The van der Waals surface area contributed by atoms with Gasteiger partial charge in [0.1, 0.15) is 6.10 Å². The summed E-state index contributed by atoms with van der Waals surface area (Å²) >= 11 is 0. The highest BCUT2D eigenvalue weighted by Gasteiger charge is 2.43. The van der Waals surface area contributed by atoms with Gasteiger partial charge in [-0.05, 0) is 44.9 Å². The van der Waals surface area contributed by atoms with Crippen LogP contribution >= 0.6 is 0 Å². The minimum atomic E-state index is -0.193. The summed E-state index contributed by atoms with van der Waals surface area (Å²) in [6, 6.07) is 0. The van der Waals surface area contributed by atoms with Crippen molar-refractivity contribution in [1.82, 2.24) is 0 Å². The Morgan fingerprint density at radius 2 is 1.57 bits per heavy atom. The fraction of sp³-hybridized carbons (Fsp3) is 0.842. The number of rotatable bonds is 3. The molecule has 2 aliphatic rings. The molecule has 2 rings (SSSR count). The van der Waals surface area contributed by atoms with E-state index in [1.165, 1.54) is 64.2 Å². The molecule has 0 saturated heterocycles. The Hall–Kier alpha value is -0.790. The van der Waals surface area contributed by atoms with Gasteiger partial charge in [0.05, 0.1) is 0 Å². The molecular formula is C19H32O2. The fourth-order valence-corrected chi connectivity index (χ4v) is 4.33. The van der Waals surface area contributed by atoms with Gasteiger partial charge in [-0.2, -0.15) is 0 Å². The van der Waals surface area contributed by atoms with Crippen molar-refractivity contribution in [3.63, 3.8) is 0 Å². The first-order valence-electron chi connectivity index (χ1n) is 8.90. The second-order valence-corrected chi connectivity index (χ2v) is 7.47. The molecule has 2 saturated carbocycles. The van der Waals surface area contributed by atoms with Gasteiger partial charge in [-0.3, -0.25) is 0 Å². The van der Waals surface area contributed by atoms with Gasteiger partial charge in [0, 0.05) is 11.0 Å². The zero-order valence-corrected chi connectivity index (χ0v) is 14.0. The fourth-order valence-electron chi connectivity index (χ4n) is 4.33. The molecule has 0 N–H and O–H groups in total. The van der Waals surface area contributed by atoms with Gasteiger partial charge >= 0.3 is 5.97 Å². The van der Waals surface area contributed by atoms with Crippen LogP contribution in [0.2, 0.25) is 0 Å². The van der Waals surface area contributed by atoms with Crippen molar-refractivity contribution in [2.24, 2.45) is 11.3 Å². The van der Waals surface area contributed by atoms with Crippen molar-refractivity contribution >= 4 is 5.97 Å². The molecular weight excluding hydrogens is 260 g/mol. The van der Waals surface area contributed by atoms with E-state index >= 15 is 0 Å². The molecule has 0 heterocycles. The van der Waals surface area contributed by atoms with Gasteiger partial charge < -0.3 is 4.74 Å². The highest BCUT2D eigenvalue weighted by molar-refractivity contribution is 5.87. The van der Waals surface area contributed by atoms with Gasteiger partial charge in [0.2, 0.25) is 0 Å². The molecule has 0 spiro atoms. The second kappa shape index (κ2) is 7.47. The third-order valence-corrected chi connectivity index (χ3v) is 5.80. The number of carbonyl (C=O) groups excluding carboxylic acids is 1. The van der Waals surface area contributed by atoms with Crippen LogP contribution in [0.5, 0.6) is 0 Å². The van der Waals surface area contributed by atoms with Crippen molar-refractivity contribution in [1.29, 1.82) is 0 Å². The Morgan fingerprint density at radius 1 is 1.00 bits per heavy atom. The van der Waals surface area contributed by atoms with Crippen LogP contribution in [0.4, 0.5) is 0 Å². The van der Waals surface area contributed by atoms with E-state index in [9.17, 15) is 4.79 Å². The molecule has 0 amide bonds. The molecule has 2 atom stereocenters. The quantitative estimate of drug-likeness (QED) is 0.394. The third kappa shape index (κ3) is 4.11. The van der Waals surface area contributed by atoms with Crippen molar-refractivity contribution in [2.75, 3.05) is 0 Å². The van der Waals surface area contributed by atoms with Crippen molar-refractivity contribution in [3.8, 4) is 0 Å². The Bertz CT molecular complexity index is 366. The summed E-state index contributed by atoms with van der Waals surface area (Å²) in [6.07, 6.45) is 14.2. The number of hydrogen-bond acceptors (Lipinski definition) is 2. The average molecular weight is 292 g/mol. The van der Waals surface area contributed by atoms with E-state index < -0.39 is 0 Å². The van der Waals surface area contributed by atoms with E-state index in [0.29, 0.717) is 5.57 Å². The molecule has 0 aromatic rings. The summed E-state index contributed by atoms with van der Waals surface area (Å²) in [7, 11) is 0. The highest BCUT2D eigenvalue weighted by atomic mass is 16.5. The van der Waals surface area contributed by atoms with E-state index in [-0.39, 0.29) is 17.5 Å². The summed E-state index contributed by atoms with van der Waals surface area (Å²) in [5.74, 6) is 0.530. The van der Waals surface area contributed by atoms with Crippen LogP contribution in [-0.2, 0) is 9.53 Å². The van der Waals surface area contributed by atoms with Crippen LogP contribution in [0, 0.1) is 11.3 Å². The smallest absolute Gasteiger partial charge is 0.333 e. The average Bonchev–Trinajstić information content (AvgIpc) is 2.82. The first-order chi connectivity index (χ1) is 10.0. The summed E-state index contributed by atoms with van der Waals surface area (Å²) in [4.78, 5) is 12.0. The normalized spacial score (nSPS) is 32.0. The standard InChI is InChI=1S/C19H32O2/c1-15(2)18(20)21-17-13-9-6-10-14-19(17,3)16-11-7-4-5-8-12-16/h16-17H,1,4-14H2,2-3H3. The largest absolute Gasteiger partial charge is 0.458 e. The van der Waals surface area contributed by atoms with Crippen LogP contribution in [-0.4, -0.2) is 12.1 Å². The topological polar surface area (TPSA) is 26.3 Å². The minimum absolute atomic E-state index is 0.0901. The maximum Gasteiger partial charge on any atom is 0.333 e. The molecule has 2 heteroatoms. The Labute approximate surface area is 130 Å². The van der Waals surface area contributed by atoms with Crippen molar-refractivity contribution in [2.45, 2.75) is 90.6 Å². The molecule has 21 heavy (non-hydrogen) atoms. The molecule has 0 aliphatic heterocycles. The zero-order chi connectivity index (χ0) is 15.3. The van der Waals surface area contributed by atoms with Crippen LogP contribution in [0.25, 0.3) is 0 Å². The first kappa shape index (κ1) is 16.6. The number of carbonyl (C=O) groups is 1. The molecule has 2 nitrogen and oxygen atoms in total. The second-order valence-electron chi connectivity index (χ2n) is 7.47. The van der Waals surface area contributed by atoms with Crippen LogP contribution < -0.4 is 0 Å². The van der Waals surface area contributed by atoms with E-state index in [0.717, 1.165) is 12.3 Å². The summed E-state index contributed by atoms with van der Waals surface area (Å²) < 4.78 is 5.90. The minimum Gasteiger partial charge on any atom is -0.458 e. The molecule has 0 aromatic carbocycles. The van der Waals surface area contributed by atoms with Crippen molar-refractivity contribution < 1.29 is 9.53 Å². The maximum atomic E-state index is 12.0. The van der Waals surface area contributed by atoms with Gasteiger partial charge in [-0.25, -0.2) is 4.79 Å². The molecule has 0 bridgehead atoms. The monoisotopic (exact) mass is 292 g/mol. The van der Waals surface area contributed by atoms with Crippen LogP contribution in [0.15, 0.2) is 12.2 Å². The SMILES string of the molecule is C=C(C)C(=O)OC1CCCCCC1(C)C1CCCCCC1. The predicted molar refractivity (Wildman–Crippen MR) is 87.1 cm³/mol. The van der Waals surface area contributed by atoms with E-state index in [1.807, 2.05) is 0 Å². The van der Waals surface area contributed by atoms with E-state index in [1.54, 1.807) is 6.92 Å². The summed E-state index contributed by atoms with van der Waals surface area (Å²) in [5, 5.41) is 0. The number of esters is 1. The lowest BCUT2D eigenvalue weighted by Gasteiger charge is -2.42. The Balaban J connectivity index is 2.16. The summed E-state index contributed by atoms with van der Waals surface area (Å²) in [5.41, 5.74) is 0.703. The number of ether oxygens (including phenoxy) is 1. The molecule has 2 aliphatic carbocycles. The molecule has 0 radical (unpaired) electrons. The lowest BCUT2D eigenvalue weighted by atomic mass is 9.67. The van der Waals surface area contributed by atoms with Crippen LogP contribution in [0.1, 0.15) is 84.5 Å². The first-order valence-corrected chi connectivity index (χ1v) is 8.90. The lowest BCUT2D eigenvalue weighted by Crippen LogP contribution is -2.41. The van der Waals surface area contributed by atoms with Gasteiger partial charge in [-0.15, -0.1) is 0 Å². The molecule has 2 fully saturated rings. The lowest BCUT2D eigenvalue weighted by molar-refractivity contribution is -0.155. The van der Waals surface area contributed by atoms with E-state index in [2.05, 4.69) is 13.5 Å². The zero-order valence-electron chi connectivity index (χ0n) is 14.0. The Kier molecular flexibility index (Phi) is 5.89. The van der Waals surface area contributed by atoms with Gasteiger partial charge in [0.25, 0.3) is 0 Å². The van der Waals surface area contributed by atoms with Gasteiger partial charge in [0.15, 0.2) is 0 Å². The van der Waals surface area contributed by atoms with Crippen LogP contribution in [0.3, 0.4) is 0 Å². The van der Waals surface area contributed by atoms with Crippen molar-refractivity contribution in [3.05, 3.63) is 12.2 Å². The Morgan fingerprint density at radius 3 is 2.19 bits per heavy atom. The molecule has 2 unspecified atom stereocenters. The third-order valence-electron chi connectivity index (χ3n) is 5.80. The predicted octanol–water partition coefficient (Wildman–Crippen LogP) is 5.42. The maximum absolute atomic E-state index is 12.0. The number of hydrogen-bond donors (Lipinski definition) is 0. The van der Waals surface area contributed by atoms with E-state index in [4.69, 9.17) is 4.74 Å². The molecule has 120 valence electrons.